The molecule has 1 aromatic carbocycles. The van der Waals surface area contributed by atoms with E-state index in [4.69, 9.17) is 4.74 Å². The SMILES string of the molecule is COc1ccc2c(c1)nc(CCNC(C)C)n2CCO. The number of hydrogen-bond donors (Lipinski definition) is 2. The Hall–Kier alpha value is -1.59. The predicted molar refractivity (Wildman–Crippen MR) is 80.2 cm³/mol. The van der Waals surface area contributed by atoms with Crippen LogP contribution in [0.15, 0.2) is 18.2 Å². The summed E-state index contributed by atoms with van der Waals surface area (Å²) in [6.07, 6.45) is 0.842. The van der Waals surface area contributed by atoms with Gasteiger partial charge in [-0.05, 0) is 12.1 Å². The molecule has 0 aliphatic heterocycles. The Morgan fingerprint density at radius 1 is 1.40 bits per heavy atom. The fourth-order valence-corrected chi connectivity index (χ4v) is 2.30. The van der Waals surface area contributed by atoms with Crippen molar-refractivity contribution in [2.75, 3.05) is 20.3 Å². The molecule has 1 aromatic heterocycles. The number of nitrogens with one attached hydrogen (secondary N) is 1. The molecule has 2 N–H and O–H groups in total. The van der Waals surface area contributed by atoms with Crippen LogP contribution < -0.4 is 10.1 Å². The molecule has 0 unspecified atom stereocenters. The summed E-state index contributed by atoms with van der Waals surface area (Å²) < 4.78 is 7.31. The lowest BCUT2D eigenvalue weighted by Gasteiger charge is -2.10. The van der Waals surface area contributed by atoms with Gasteiger partial charge in [0.05, 0.1) is 24.8 Å². The first-order valence-electron chi connectivity index (χ1n) is 7.03. The first-order chi connectivity index (χ1) is 9.65. The molecule has 5 heteroatoms. The number of benzene rings is 1. The van der Waals surface area contributed by atoms with Crippen LogP contribution in [0.4, 0.5) is 0 Å². The van der Waals surface area contributed by atoms with Gasteiger partial charge < -0.3 is 19.7 Å². The highest BCUT2D eigenvalue weighted by atomic mass is 16.5. The van der Waals surface area contributed by atoms with Crippen LogP contribution >= 0.6 is 0 Å². The molecule has 0 saturated carbocycles. The van der Waals surface area contributed by atoms with Crippen molar-refractivity contribution in [3.05, 3.63) is 24.0 Å². The second kappa shape index (κ2) is 6.72. The molecular formula is C15H23N3O2. The summed E-state index contributed by atoms with van der Waals surface area (Å²) in [4.78, 5) is 4.67. The molecule has 20 heavy (non-hydrogen) atoms. The van der Waals surface area contributed by atoms with E-state index in [1.807, 2.05) is 18.2 Å². The van der Waals surface area contributed by atoms with Crippen LogP contribution in [-0.4, -0.2) is 41.0 Å². The Labute approximate surface area is 119 Å². The van der Waals surface area contributed by atoms with Gasteiger partial charge in [0.2, 0.25) is 0 Å². The molecule has 1 heterocycles. The van der Waals surface area contributed by atoms with Gasteiger partial charge >= 0.3 is 0 Å². The highest BCUT2D eigenvalue weighted by Gasteiger charge is 2.11. The molecule has 2 rings (SSSR count). The lowest BCUT2D eigenvalue weighted by atomic mass is 10.3. The van der Waals surface area contributed by atoms with Crippen molar-refractivity contribution in [3.63, 3.8) is 0 Å². The van der Waals surface area contributed by atoms with Crippen molar-refractivity contribution < 1.29 is 9.84 Å². The smallest absolute Gasteiger partial charge is 0.121 e. The van der Waals surface area contributed by atoms with E-state index in [-0.39, 0.29) is 6.61 Å². The average molecular weight is 277 g/mol. The topological polar surface area (TPSA) is 59.3 Å². The van der Waals surface area contributed by atoms with Crippen molar-refractivity contribution in [1.82, 2.24) is 14.9 Å². The van der Waals surface area contributed by atoms with Crippen LogP contribution in [0.25, 0.3) is 11.0 Å². The van der Waals surface area contributed by atoms with Crippen LogP contribution in [0.3, 0.4) is 0 Å². The van der Waals surface area contributed by atoms with Crippen LogP contribution in [0.2, 0.25) is 0 Å². The Kier molecular flexibility index (Phi) is 4.98. The molecule has 110 valence electrons. The number of imidazole rings is 1. The molecule has 0 aliphatic carbocycles. The van der Waals surface area contributed by atoms with Gasteiger partial charge in [-0.25, -0.2) is 4.98 Å². The zero-order chi connectivity index (χ0) is 14.5. The zero-order valence-corrected chi connectivity index (χ0v) is 12.4. The van der Waals surface area contributed by atoms with Crippen LogP contribution in [-0.2, 0) is 13.0 Å². The van der Waals surface area contributed by atoms with Gasteiger partial charge in [0.15, 0.2) is 0 Å². The summed E-state index contributed by atoms with van der Waals surface area (Å²) in [6.45, 7) is 5.81. The standard InChI is InChI=1S/C15H23N3O2/c1-11(2)16-7-6-15-17-13-10-12(20-3)4-5-14(13)18(15)8-9-19/h4-5,10-11,16,19H,6-9H2,1-3H3. The number of rotatable bonds is 7. The predicted octanol–water partition coefficient (Wildman–Crippen LogP) is 1.58. The molecule has 0 radical (unpaired) electrons. The summed E-state index contributed by atoms with van der Waals surface area (Å²) >= 11 is 0. The van der Waals surface area contributed by atoms with Crippen LogP contribution in [0.1, 0.15) is 19.7 Å². The fraction of sp³-hybridized carbons (Fsp3) is 0.533. The van der Waals surface area contributed by atoms with E-state index in [9.17, 15) is 5.11 Å². The maximum atomic E-state index is 9.25. The number of aliphatic hydroxyl groups is 1. The number of aliphatic hydroxyl groups excluding tert-OH is 1. The second-order valence-corrected chi connectivity index (χ2v) is 5.12. The number of aromatic nitrogens is 2. The lowest BCUT2D eigenvalue weighted by Crippen LogP contribution is -2.26. The molecule has 0 saturated heterocycles. The number of fused-ring (bicyclic) bond motifs is 1. The Balaban J connectivity index is 2.29. The maximum Gasteiger partial charge on any atom is 0.121 e. The van der Waals surface area contributed by atoms with E-state index in [0.29, 0.717) is 12.6 Å². The Morgan fingerprint density at radius 3 is 2.85 bits per heavy atom. The quantitative estimate of drug-likeness (QED) is 0.806. The van der Waals surface area contributed by atoms with Crippen LogP contribution in [0.5, 0.6) is 5.75 Å². The summed E-state index contributed by atoms with van der Waals surface area (Å²) in [6, 6.07) is 6.32. The minimum absolute atomic E-state index is 0.113. The largest absolute Gasteiger partial charge is 0.497 e. The number of hydrogen-bond acceptors (Lipinski definition) is 4. The minimum atomic E-state index is 0.113. The van der Waals surface area contributed by atoms with E-state index in [0.717, 1.165) is 35.6 Å². The molecule has 0 fully saturated rings. The van der Waals surface area contributed by atoms with Gasteiger partial charge in [-0.15, -0.1) is 0 Å². The summed E-state index contributed by atoms with van der Waals surface area (Å²) in [5.74, 6) is 1.80. The molecule has 0 amide bonds. The number of methoxy groups -OCH3 is 1. The third-order valence-electron chi connectivity index (χ3n) is 3.26. The van der Waals surface area contributed by atoms with Crippen molar-refractivity contribution in [3.8, 4) is 5.75 Å². The van der Waals surface area contributed by atoms with Gasteiger partial charge in [0.1, 0.15) is 11.6 Å². The Morgan fingerprint density at radius 2 is 2.20 bits per heavy atom. The number of nitrogens with zero attached hydrogens (tertiary/aromatic N) is 2. The zero-order valence-electron chi connectivity index (χ0n) is 12.4. The lowest BCUT2D eigenvalue weighted by molar-refractivity contribution is 0.276. The first kappa shape index (κ1) is 14.8. The average Bonchev–Trinajstić information content (AvgIpc) is 2.76. The molecule has 0 bridgehead atoms. The van der Waals surface area contributed by atoms with Gasteiger partial charge in [-0.3, -0.25) is 0 Å². The third-order valence-corrected chi connectivity index (χ3v) is 3.26. The summed E-state index contributed by atoms with van der Waals surface area (Å²) in [5, 5.41) is 12.6. The molecule has 0 spiro atoms. The van der Waals surface area contributed by atoms with Crippen LogP contribution in [0, 0.1) is 0 Å². The summed E-state index contributed by atoms with van der Waals surface area (Å²) in [7, 11) is 1.65. The first-order valence-corrected chi connectivity index (χ1v) is 7.03. The van der Waals surface area contributed by atoms with E-state index in [2.05, 4.69) is 28.7 Å². The minimum Gasteiger partial charge on any atom is -0.497 e. The van der Waals surface area contributed by atoms with Gasteiger partial charge in [-0.2, -0.15) is 0 Å². The van der Waals surface area contributed by atoms with E-state index >= 15 is 0 Å². The second-order valence-electron chi connectivity index (χ2n) is 5.12. The Bertz CT molecular complexity index is 563. The molecule has 0 aliphatic rings. The van der Waals surface area contributed by atoms with E-state index in [1.54, 1.807) is 7.11 Å². The normalized spacial score (nSPS) is 11.4. The van der Waals surface area contributed by atoms with Crippen molar-refractivity contribution in [2.45, 2.75) is 32.9 Å². The highest BCUT2D eigenvalue weighted by Crippen LogP contribution is 2.22. The molecular weight excluding hydrogens is 254 g/mol. The van der Waals surface area contributed by atoms with Gasteiger partial charge in [0, 0.05) is 31.6 Å². The molecule has 2 aromatic rings. The third kappa shape index (κ3) is 3.29. The number of ether oxygens (including phenoxy) is 1. The van der Waals surface area contributed by atoms with Gasteiger partial charge in [0.25, 0.3) is 0 Å². The van der Waals surface area contributed by atoms with Gasteiger partial charge in [-0.1, -0.05) is 13.8 Å². The fourth-order valence-electron chi connectivity index (χ4n) is 2.30. The van der Waals surface area contributed by atoms with Crippen molar-refractivity contribution in [1.29, 1.82) is 0 Å². The highest BCUT2D eigenvalue weighted by molar-refractivity contribution is 5.77. The maximum absolute atomic E-state index is 9.25. The van der Waals surface area contributed by atoms with E-state index in [1.165, 1.54) is 0 Å². The monoisotopic (exact) mass is 277 g/mol. The summed E-state index contributed by atoms with van der Waals surface area (Å²) in [5.41, 5.74) is 1.96. The van der Waals surface area contributed by atoms with E-state index < -0.39 is 0 Å². The van der Waals surface area contributed by atoms with Crippen molar-refractivity contribution in [2.24, 2.45) is 0 Å². The molecule has 0 atom stereocenters. The van der Waals surface area contributed by atoms with Crippen molar-refractivity contribution >= 4 is 11.0 Å². The molecule has 5 nitrogen and oxygen atoms in total.